The van der Waals surface area contributed by atoms with Crippen molar-refractivity contribution >= 4 is 52.3 Å². The number of thioether (sulfide) groups is 1. The Morgan fingerprint density at radius 3 is 2.63 bits per heavy atom. The molecule has 4 nitrogen and oxygen atoms in total. The number of halogens is 2. The average molecular weight is 460 g/mol. The number of hydrogen-bond acceptors (Lipinski definition) is 5. The summed E-state index contributed by atoms with van der Waals surface area (Å²) < 4.78 is 19.0. The van der Waals surface area contributed by atoms with Crippen LogP contribution in [-0.4, -0.2) is 16.0 Å². The zero-order valence-electron chi connectivity index (χ0n) is 15.7. The third-order valence-electron chi connectivity index (χ3n) is 4.33. The minimum Gasteiger partial charge on any atom is -0.450 e. The van der Waals surface area contributed by atoms with E-state index in [1.807, 2.05) is 37.3 Å². The molecule has 0 atom stereocenters. The van der Waals surface area contributed by atoms with Crippen molar-refractivity contribution in [3.8, 4) is 0 Å². The molecule has 3 aromatic rings. The van der Waals surface area contributed by atoms with E-state index in [0.717, 1.165) is 27.6 Å². The van der Waals surface area contributed by atoms with Crippen LogP contribution < -0.4 is 0 Å². The van der Waals surface area contributed by atoms with Crippen LogP contribution in [0.3, 0.4) is 0 Å². The van der Waals surface area contributed by atoms with E-state index < -0.39 is 17.0 Å². The maximum atomic E-state index is 13.2. The summed E-state index contributed by atoms with van der Waals surface area (Å²) in [6.45, 7) is 2.00. The molecule has 1 aliphatic heterocycles. The van der Waals surface area contributed by atoms with Gasteiger partial charge in [-0.1, -0.05) is 47.1 Å². The normalized spacial score (nSPS) is 15.4. The van der Waals surface area contributed by atoms with Crippen LogP contribution in [0.4, 0.5) is 9.18 Å². The van der Waals surface area contributed by atoms with Gasteiger partial charge in [-0.15, -0.1) is 0 Å². The van der Waals surface area contributed by atoms with Crippen molar-refractivity contribution in [1.82, 2.24) is 4.90 Å². The van der Waals surface area contributed by atoms with Crippen LogP contribution >= 0.6 is 35.1 Å². The van der Waals surface area contributed by atoms with Gasteiger partial charge in [0.15, 0.2) is 5.09 Å². The summed E-state index contributed by atoms with van der Waals surface area (Å²) in [6.07, 6.45) is 1.55. The molecule has 4 rings (SSSR count). The van der Waals surface area contributed by atoms with Crippen LogP contribution in [0.1, 0.15) is 16.9 Å². The summed E-state index contributed by atoms with van der Waals surface area (Å²) in [6, 6.07) is 15.5. The molecule has 1 aromatic heterocycles. The molecule has 2 aromatic carbocycles. The number of imide groups is 1. The van der Waals surface area contributed by atoms with Crippen LogP contribution in [-0.2, 0) is 11.3 Å². The van der Waals surface area contributed by atoms with Crippen molar-refractivity contribution < 1.29 is 18.4 Å². The van der Waals surface area contributed by atoms with E-state index in [4.69, 9.17) is 16.0 Å². The lowest BCUT2D eigenvalue weighted by Gasteiger charge is -2.13. The molecular formula is C22H15ClFNO3S2. The molecule has 1 aliphatic rings. The number of aryl methyl sites for hydroxylation is 1. The molecule has 1 saturated heterocycles. The first-order valence-corrected chi connectivity index (χ1v) is 10.9. The smallest absolute Gasteiger partial charge is 0.293 e. The van der Waals surface area contributed by atoms with Crippen molar-refractivity contribution in [2.75, 3.05) is 0 Å². The Bertz CT molecular complexity index is 1160. The van der Waals surface area contributed by atoms with E-state index in [1.54, 1.807) is 12.1 Å². The van der Waals surface area contributed by atoms with E-state index in [2.05, 4.69) is 0 Å². The Kier molecular flexibility index (Phi) is 6.04. The number of benzene rings is 2. The van der Waals surface area contributed by atoms with Crippen LogP contribution in [0, 0.1) is 12.7 Å². The third kappa shape index (κ3) is 4.64. The van der Waals surface area contributed by atoms with Crippen LogP contribution in [0.5, 0.6) is 0 Å². The summed E-state index contributed by atoms with van der Waals surface area (Å²) in [4.78, 5) is 27.4. The largest absolute Gasteiger partial charge is 0.450 e. The fraction of sp³-hybridized carbons (Fsp3) is 0.0909. The molecule has 2 heterocycles. The van der Waals surface area contributed by atoms with Gasteiger partial charge in [0.1, 0.15) is 11.6 Å². The van der Waals surface area contributed by atoms with Crippen LogP contribution in [0.15, 0.2) is 73.9 Å². The fourth-order valence-corrected chi connectivity index (χ4v) is 4.60. The standard InChI is InChI=1S/C22H15ClFNO3S2/c1-13-2-7-17(8-3-13)29-20-9-6-16(28-20)11-19-21(26)25(22(27)30-19)12-14-4-5-15(24)10-18(14)23/h2-11H,12H2,1H3/b19-11-. The first-order valence-electron chi connectivity index (χ1n) is 8.93. The molecule has 0 bridgehead atoms. The van der Waals surface area contributed by atoms with Crippen molar-refractivity contribution in [2.24, 2.45) is 0 Å². The third-order valence-corrected chi connectivity index (χ3v) is 6.52. The number of carbonyl (C=O) groups is 2. The predicted molar refractivity (Wildman–Crippen MR) is 117 cm³/mol. The first-order chi connectivity index (χ1) is 14.4. The highest BCUT2D eigenvalue weighted by molar-refractivity contribution is 8.18. The average Bonchev–Trinajstić information content (AvgIpc) is 3.25. The van der Waals surface area contributed by atoms with Crippen LogP contribution in [0.25, 0.3) is 6.08 Å². The van der Waals surface area contributed by atoms with E-state index in [9.17, 15) is 14.0 Å². The summed E-state index contributed by atoms with van der Waals surface area (Å²) in [5, 5.41) is 0.441. The monoisotopic (exact) mass is 459 g/mol. The molecule has 0 unspecified atom stereocenters. The maximum Gasteiger partial charge on any atom is 0.293 e. The lowest BCUT2D eigenvalue weighted by Crippen LogP contribution is -2.27. The zero-order valence-corrected chi connectivity index (χ0v) is 18.1. The fourth-order valence-electron chi connectivity index (χ4n) is 2.78. The Morgan fingerprint density at radius 1 is 1.13 bits per heavy atom. The van der Waals surface area contributed by atoms with Crippen molar-refractivity contribution in [3.05, 3.63) is 87.2 Å². The number of amides is 2. The molecule has 0 N–H and O–H groups in total. The number of hydrogen-bond donors (Lipinski definition) is 0. The Morgan fingerprint density at radius 2 is 1.90 bits per heavy atom. The second-order valence-electron chi connectivity index (χ2n) is 6.58. The SMILES string of the molecule is Cc1ccc(Sc2ccc(/C=C3\SC(=O)N(Cc4ccc(F)cc4Cl)C3=O)o2)cc1. The lowest BCUT2D eigenvalue weighted by molar-refractivity contribution is -0.123. The summed E-state index contributed by atoms with van der Waals surface area (Å²) in [5.41, 5.74) is 1.67. The summed E-state index contributed by atoms with van der Waals surface area (Å²) in [7, 11) is 0. The molecule has 152 valence electrons. The van der Waals surface area contributed by atoms with Gasteiger partial charge in [-0.3, -0.25) is 14.5 Å². The first kappa shape index (κ1) is 20.8. The molecule has 30 heavy (non-hydrogen) atoms. The van der Waals surface area contributed by atoms with E-state index in [0.29, 0.717) is 16.4 Å². The van der Waals surface area contributed by atoms with Crippen LogP contribution in [0.2, 0.25) is 5.02 Å². The Hall–Kier alpha value is -2.48. The van der Waals surface area contributed by atoms with Gasteiger partial charge < -0.3 is 4.42 Å². The number of rotatable bonds is 5. The number of furan rings is 1. The lowest BCUT2D eigenvalue weighted by atomic mass is 10.2. The number of carbonyl (C=O) groups excluding carboxylic acids is 2. The second-order valence-corrected chi connectivity index (χ2v) is 9.05. The predicted octanol–water partition coefficient (Wildman–Crippen LogP) is 6.77. The zero-order chi connectivity index (χ0) is 21.3. The highest BCUT2D eigenvalue weighted by Gasteiger charge is 2.35. The highest BCUT2D eigenvalue weighted by atomic mass is 35.5. The van der Waals surface area contributed by atoms with Crippen molar-refractivity contribution in [3.63, 3.8) is 0 Å². The maximum absolute atomic E-state index is 13.2. The van der Waals surface area contributed by atoms with Gasteiger partial charge in [0.25, 0.3) is 11.1 Å². The number of nitrogens with zero attached hydrogens (tertiary/aromatic N) is 1. The minimum atomic E-state index is -0.477. The molecule has 8 heteroatoms. The Labute approximate surface area is 186 Å². The van der Waals surface area contributed by atoms with E-state index >= 15 is 0 Å². The van der Waals surface area contributed by atoms with Gasteiger partial charge >= 0.3 is 0 Å². The molecular weight excluding hydrogens is 445 g/mol. The highest BCUT2D eigenvalue weighted by Crippen LogP contribution is 2.36. The second kappa shape index (κ2) is 8.71. The quantitative estimate of drug-likeness (QED) is 0.394. The molecule has 0 aliphatic carbocycles. The van der Waals surface area contributed by atoms with Crippen molar-refractivity contribution in [1.29, 1.82) is 0 Å². The van der Waals surface area contributed by atoms with Crippen molar-refractivity contribution in [2.45, 2.75) is 23.5 Å². The van der Waals surface area contributed by atoms with Gasteiger partial charge in [0.2, 0.25) is 0 Å². The molecule has 0 spiro atoms. The Balaban J connectivity index is 1.48. The van der Waals surface area contributed by atoms with E-state index in [-0.39, 0.29) is 16.5 Å². The minimum absolute atomic E-state index is 0.0200. The summed E-state index contributed by atoms with van der Waals surface area (Å²) >= 11 is 8.32. The molecule has 0 saturated carbocycles. The van der Waals surface area contributed by atoms with E-state index in [1.165, 1.54) is 29.5 Å². The molecule has 1 fully saturated rings. The van der Waals surface area contributed by atoms with Gasteiger partial charge in [0, 0.05) is 16.0 Å². The topological polar surface area (TPSA) is 50.5 Å². The van der Waals surface area contributed by atoms with Gasteiger partial charge in [-0.05, 0) is 60.6 Å². The van der Waals surface area contributed by atoms with Gasteiger partial charge in [-0.25, -0.2) is 4.39 Å². The van der Waals surface area contributed by atoms with Gasteiger partial charge in [-0.2, -0.15) is 0 Å². The van der Waals surface area contributed by atoms with Gasteiger partial charge in [0.05, 0.1) is 11.4 Å². The molecule has 0 radical (unpaired) electrons. The molecule has 2 amide bonds. The summed E-state index contributed by atoms with van der Waals surface area (Å²) in [5.74, 6) is -0.431.